The van der Waals surface area contributed by atoms with Gasteiger partial charge in [0.05, 0.1) is 29.6 Å². The molecule has 4 aromatic rings. The number of para-hydroxylation sites is 1. The minimum absolute atomic E-state index is 0.0575. The lowest BCUT2D eigenvalue weighted by molar-refractivity contribution is -0.116. The summed E-state index contributed by atoms with van der Waals surface area (Å²) in [4.78, 5) is 17.7. The Morgan fingerprint density at radius 2 is 2.09 bits per heavy atom. The molecule has 8 heteroatoms. The second-order valence-electron chi connectivity index (χ2n) is 8.61. The Morgan fingerprint density at radius 3 is 2.88 bits per heavy atom. The molecule has 0 aliphatic carbocycles. The van der Waals surface area contributed by atoms with Gasteiger partial charge >= 0.3 is 0 Å². The predicted molar refractivity (Wildman–Crippen MR) is 135 cm³/mol. The molecule has 3 heterocycles. The highest BCUT2D eigenvalue weighted by molar-refractivity contribution is 7.20. The van der Waals surface area contributed by atoms with Crippen molar-refractivity contribution in [3.8, 4) is 16.6 Å². The van der Waals surface area contributed by atoms with Crippen molar-refractivity contribution in [2.45, 2.75) is 46.0 Å². The molecule has 1 aliphatic heterocycles. The van der Waals surface area contributed by atoms with E-state index in [0.29, 0.717) is 30.3 Å². The van der Waals surface area contributed by atoms with Gasteiger partial charge in [0.25, 0.3) is 0 Å². The lowest BCUT2D eigenvalue weighted by Crippen LogP contribution is -2.25. The molecule has 1 aliphatic rings. The van der Waals surface area contributed by atoms with Crippen LogP contribution in [0.3, 0.4) is 0 Å². The van der Waals surface area contributed by atoms with E-state index in [1.54, 1.807) is 23.1 Å². The van der Waals surface area contributed by atoms with Crippen LogP contribution in [0.4, 0.5) is 5.82 Å². The molecule has 1 N–H and O–H groups in total. The molecule has 5 rings (SSSR count). The number of hydrogen-bond acceptors (Lipinski definition) is 6. The van der Waals surface area contributed by atoms with Gasteiger partial charge in [-0.05, 0) is 44.0 Å². The summed E-state index contributed by atoms with van der Waals surface area (Å²) >= 11 is 1.57. The maximum Gasteiger partial charge on any atom is 0.226 e. The normalized spacial score (nSPS) is 15.3. The molecule has 0 radical (unpaired) electrons. The van der Waals surface area contributed by atoms with Gasteiger partial charge in [-0.2, -0.15) is 9.78 Å². The largest absolute Gasteiger partial charge is 0.493 e. The third-order valence-electron chi connectivity index (χ3n) is 6.17. The quantitative estimate of drug-likeness (QED) is 0.343. The van der Waals surface area contributed by atoms with Crippen molar-refractivity contribution < 1.29 is 14.3 Å². The molecule has 2 aromatic heterocycles. The van der Waals surface area contributed by atoms with E-state index in [4.69, 9.17) is 19.6 Å². The van der Waals surface area contributed by atoms with E-state index in [9.17, 15) is 4.79 Å². The van der Waals surface area contributed by atoms with Gasteiger partial charge in [0.1, 0.15) is 5.82 Å². The molecule has 0 saturated heterocycles. The molecular weight excluding hydrogens is 448 g/mol. The minimum atomic E-state index is -0.194. The first-order valence-electron chi connectivity index (χ1n) is 11.6. The first-order chi connectivity index (χ1) is 16.5. The van der Waals surface area contributed by atoms with Crippen LogP contribution in [0, 0.1) is 13.8 Å². The molecule has 0 saturated carbocycles. The first-order valence-corrected chi connectivity index (χ1v) is 12.4. The number of carbonyl (C=O) groups is 1. The number of aromatic nitrogens is 3. The zero-order valence-corrected chi connectivity index (χ0v) is 20.7. The van der Waals surface area contributed by atoms with Gasteiger partial charge in [-0.3, -0.25) is 4.79 Å². The van der Waals surface area contributed by atoms with Crippen molar-refractivity contribution in [1.82, 2.24) is 14.8 Å². The summed E-state index contributed by atoms with van der Waals surface area (Å²) in [7, 11) is 1.64. The number of amides is 1. The van der Waals surface area contributed by atoms with Crippen molar-refractivity contribution in [2.75, 3.05) is 19.0 Å². The summed E-state index contributed by atoms with van der Waals surface area (Å²) in [5.41, 5.74) is 4.89. The number of rotatable bonds is 7. The number of fused-ring (bicyclic) bond motifs is 2. The Hall–Kier alpha value is -3.39. The number of nitrogens with one attached hydrogen (secondary N) is 1. The smallest absolute Gasteiger partial charge is 0.226 e. The third kappa shape index (κ3) is 3.92. The minimum Gasteiger partial charge on any atom is -0.493 e. The van der Waals surface area contributed by atoms with Crippen molar-refractivity contribution in [3.05, 3.63) is 58.8 Å². The summed E-state index contributed by atoms with van der Waals surface area (Å²) < 4.78 is 14.7. The molecule has 7 nitrogen and oxygen atoms in total. The number of thiazole rings is 1. The van der Waals surface area contributed by atoms with Crippen LogP contribution in [0.5, 0.6) is 11.5 Å². The monoisotopic (exact) mass is 476 g/mol. The van der Waals surface area contributed by atoms with E-state index in [0.717, 1.165) is 45.0 Å². The highest BCUT2D eigenvalue weighted by atomic mass is 32.1. The van der Waals surface area contributed by atoms with E-state index in [1.165, 1.54) is 5.56 Å². The number of carbonyl (C=O) groups excluding carboxylic acids is 1. The SMILES string of the molecule is CCCCOc1c(OC)cccc1C1CC(=O)Nc2c1c(C)nn2-c1nc2ccc(C)cc2s1. The number of aryl methyl sites for hydroxylation is 2. The maximum atomic E-state index is 12.9. The second-order valence-corrected chi connectivity index (χ2v) is 9.62. The molecule has 176 valence electrons. The van der Waals surface area contributed by atoms with Gasteiger partial charge in [0.15, 0.2) is 11.5 Å². The fourth-order valence-electron chi connectivity index (χ4n) is 4.50. The van der Waals surface area contributed by atoms with Crippen LogP contribution in [0.25, 0.3) is 15.3 Å². The van der Waals surface area contributed by atoms with E-state index in [-0.39, 0.29) is 11.8 Å². The van der Waals surface area contributed by atoms with Gasteiger partial charge in [0.2, 0.25) is 11.0 Å². The van der Waals surface area contributed by atoms with Crippen LogP contribution in [0.1, 0.15) is 54.5 Å². The number of hydrogen-bond donors (Lipinski definition) is 1. The summed E-state index contributed by atoms with van der Waals surface area (Å²) in [6, 6.07) is 12.1. The van der Waals surface area contributed by atoms with Crippen LogP contribution in [0.2, 0.25) is 0 Å². The molecular formula is C26H28N4O3S. The maximum absolute atomic E-state index is 12.9. The zero-order chi connectivity index (χ0) is 23.8. The lowest BCUT2D eigenvalue weighted by atomic mass is 9.85. The van der Waals surface area contributed by atoms with Gasteiger partial charge in [-0.1, -0.05) is 42.9 Å². The predicted octanol–water partition coefficient (Wildman–Crippen LogP) is 5.76. The Labute approximate surface area is 202 Å². The number of methoxy groups -OCH3 is 1. The second kappa shape index (κ2) is 9.10. The van der Waals surface area contributed by atoms with Crippen LogP contribution < -0.4 is 14.8 Å². The van der Waals surface area contributed by atoms with E-state index in [2.05, 4.69) is 31.3 Å². The van der Waals surface area contributed by atoms with E-state index in [1.807, 2.05) is 31.2 Å². The van der Waals surface area contributed by atoms with Gasteiger partial charge in [-0.25, -0.2) is 4.98 Å². The molecule has 0 spiro atoms. The molecule has 0 fully saturated rings. The number of ether oxygens (including phenoxy) is 2. The van der Waals surface area contributed by atoms with Crippen molar-refractivity contribution in [3.63, 3.8) is 0 Å². The van der Waals surface area contributed by atoms with Gasteiger partial charge in [-0.15, -0.1) is 0 Å². The Morgan fingerprint density at radius 1 is 1.24 bits per heavy atom. The summed E-state index contributed by atoms with van der Waals surface area (Å²) in [6.07, 6.45) is 2.30. The van der Waals surface area contributed by atoms with Crippen LogP contribution >= 0.6 is 11.3 Å². The summed E-state index contributed by atoms with van der Waals surface area (Å²) in [5, 5.41) is 8.61. The van der Waals surface area contributed by atoms with Gasteiger partial charge < -0.3 is 14.8 Å². The Bertz CT molecular complexity index is 1370. The first kappa shape index (κ1) is 22.4. The zero-order valence-electron chi connectivity index (χ0n) is 19.8. The Balaban J connectivity index is 1.63. The number of anilines is 1. The molecule has 1 amide bonds. The average molecular weight is 477 g/mol. The van der Waals surface area contributed by atoms with Crippen LogP contribution in [-0.2, 0) is 4.79 Å². The molecule has 34 heavy (non-hydrogen) atoms. The van der Waals surface area contributed by atoms with Crippen molar-refractivity contribution in [1.29, 1.82) is 0 Å². The van der Waals surface area contributed by atoms with Crippen molar-refractivity contribution in [2.24, 2.45) is 0 Å². The number of benzene rings is 2. The molecule has 2 aromatic carbocycles. The average Bonchev–Trinajstić information content (AvgIpc) is 3.39. The summed E-state index contributed by atoms with van der Waals surface area (Å²) in [6.45, 7) is 6.78. The van der Waals surface area contributed by atoms with E-state index < -0.39 is 0 Å². The molecule has 0 bridgehead atoms. The number of unbranched alkanes of at least 4 members (excludes halogenated alkanes) is 1. The third-order valence-corrected chi connectivity index (χ3v) is 7.16. The van der Waals surface area contributed by atoms with Gasteiger partial charge in [0, 0.05) is 23.5 Å². The van der Waals surface area contributed by atoms with Crippen LogP contribution in [-0.4, -0.2) is 34.4 Å². The molecule has 1 unspecified atom stereocenters. The fraction of sp³-hybridized carbons (Fsp3) is 0.346. The van der Waals surface area contributed by atoms with Crippen molar-refractivity contribution >= 4 is 33.3 Å². The number of nitrogens with zero attached hydrogens (tertiary/aromatic N) is 3. The standard InChI is InChI=1S/C26H28N4O3S/c1-5-6-12-33-24-17(8-7-9-20(24)32-4)18-14-22(31)28-25-23(18)16(3)29-30(25)26-27-19-11-10-15(2)13-21(19)34-26/h7-11,13,18H,5-6,12,14H2,1-4H3,(H,28,31). The highest BCUT2D eigenvalue weighted by Gasteiger charge is 2.35. The Kier molecular flexibility index (Phi) is 6.00. The highest BCUT2D eigenvalue weighted by Crippen LogP contribution is 2.46. The topological polar surface area (TPSA) is 78.3 Å². The lowest BCUT2D eigenvalue weighted by Gasteiger charge is -2.26. The van der Waals surface area contributed by atoms with Crippen LogP contribution in [0.15, 0.2) is 36.4 Å². The molecule has 1 atom stereocenters. The van der Waals surface area contributed by atoms with E-state index >= 15 is 0 Å². The fourth-order valence-corrected chi connectivity index (χ4v) is 5.52. The summed E-state index contributed by atoms with van der Waals surface area (Å²) in [5.74, 6) is 1.80.